The molecule has 2 saturated carbocycles. The van der Waals surface area contributed by atoms with Crippen molar-refractivity contribution in [1.29, 1.82) is 0 Å². The quantitative estimate of drug-likeness (QED) is 0.676. The second-order valence-corrected chi connectivity index (χ2v) is 5.62. The van der Waals surface area contributed by atoms with Gasteiger partial charge >= 0.3 is 0 Å². The predicted octanol–water partition coefficient (Wildman–Crippen LogP) is 1.25. The van der Waals surface area contributed by atoms with Gasteiger partial charge in [0.2, 0.25) is 0 Å². The minimum absolute atomic E-state index is 0.0282. The molecular weight excluding hydrogens is 200 g/mol. The first-order valence-electron chi connectivity index (χ1n) is 6.91. The second-order valence-electron chi connectivity index (χ2n) is 5.62. The summed E-state index contributed by atoms with van der Waals surface area (Å²) in [5.41, 5.74) is 5.78. The lowest BCUT2D eigenvalue weighted by Crippen LogP contribution is -2.39. The minimum atomic E-state index is -0.0282. The van der Waals surface area contributed by atoms with E-state index in [1.165, 1.54) is 32.1 Å². The molecule has 2 aliphatic rings. The van der Waals surface area contributed by atoms with Gasteiger partial charge in [-0.1, -0.05) is 6.42 Å². The summed E-state index contributed by atoms with van der Waals surface area (Å²) in [6.45, 7) is 1.97. The number of hydrogen-bond acceptors (Lipinski definition) is 3. The third kappa shape index (κ3) is 3.19. The molecule has 0 aliphatic heterocycles. The fourth-order valence-electron chi connectivity index (χ4n) is 3.25. The highest BCUT2D eigenvalue weighted by atomic mass is 16.3. The van der Waals surface area contributed by atoms with Crippen molar-refractivity contribution in [2.45, 2.75) is 57.1 Å². The molecule has 0 saturated heterocycles. The molecule has 2 fully saturated rings. The van der Waals surface area contributed by atoms with Gasteiger partial charge in [0.05, 0.1) is 6.10 Å². The van der Waals surface area contributed by atoms with E-state index in [0.29, 0.717) is 12.0 Å². The summed E-state index contributed by atoms with van der Waals surface area (Å²) in [5, 5.41) is 13.2. The van der Waals surface area contributed by atoms with Crippen LogP contribution in [0.15, 0.2) is 0 Å². The molecule has 0 heterocycles. The number of rotatable bonds is 4. The number of hydrogen-bond donors (Lipinski definition) is 3. The Morgan fingerprint density at radius 1 is 1.06 bits per heavy atom. The van der Waals surface area contributed by atoms with Gasteiger partial charge in [-0.25, -0.2) is 0 Å². The summed E-state index contributed by atoms with van der Waals surface area (Å²) in [6.07, 6.45) is 8.29. The Hall–Kier alpha value is -0.120. The van der Waals surface area contributed by atoms with E-state index in [1.807, 2.05) is 0 Å². The highest BCUT2D eigenvalue weighted by molar-refractivity contribution is 4.85. The lowest BCUT2D eigenvalue weighted by atomic mass is 9.87. The van der Waals surface area contributed by atoms with Crippen molar-refractivity contribution in [3.05, 3.63) is 0 Å². The van der Waals surface area contributed by atoms with E-state index in [1.54, 1.807) is 0 Å². The Kier molecular flexibility index (Phi) is 4.62. The van der Waals surface area contributed by atoms with Gasteiger partial charge in [-0.05, 0) is 63.5 Å². The zero-order valence-electron chi connectivity index (χ0n) is 10.2. The van der Waals surface area contributed by atoms with Gasteiger partial charge in [0.15, 0.2) is 0 Å². The van der Waals surface area contributed by atoms with Crippen LogP contribution in [-0.4, -0.2) is 30.3 Å². The molecule has 0 aromatic rings. The SMILES string of the molecule is NCC1CCCC1NCC1CCC(O)CC1. The molecule has 4 N–H and O–H groups in total. The molecule has 94 valence electrons. The average molecular weight is 226 g/mol. The van der Waals surface area contributed by atoms with Crippen molar-refractivity contribution in [3.63, 3.8) is 0 Å². The lowest BCUT2D eigenvalue weighted by molar-refractivity contribution is 0.107. The highest BCUT2D eigenvalue weighted by Crippen LogP contribution is 2.27. The Balaban J connectivity index is 1.67. The van der Waals surface area contributed by atoms with E-state index >= 15 is 0 Å². The maximum absolute atomic E-state index is 9.45. The molecule has 3 nitrogen and oxygen atoms in total. The van der Waals surface area contributed by atoms with E-state index in [4.69, 9.17) is 5.73 Å². The van der Waals surface area contributed by atoms with E-state index in [0.717, 1.165) is 31.8 Å². The van der Waals surface area contributed by atoms with Crippen molar-refractivity contribution in [1.82, 2.24) is 5.32 Å². The summed E-state index contributed by atoms with van der Waals surface area (Å²) in [5.74, 6) is 1.48. The standard InChI is InChI=1S/C13H26N2O/c14-8-11-2-1-3-13(11)15-9-10-4-6-12(16)7-5-10/h10-13,15-16H,1-9,14H2. The van der Waals surface area contributed by atoms with Crippen LogP contribution in [0.5, 0.6) is 0 Å². The van der Waals surface area contributed by atoms with Crippen molar-refractivity contribution in [2.75, 3.05) is 13.1 Å². The highest BCUT2D eigenvalue weighted by Gasteiger charge is 2.27. The number of aliphatic hydroxyl groups is 1. The van der Waals surface area contributed by atoms with Crippen LogP contribution in [0.4, 0.5) is 0 Å². The lowest BCUT2D eigenvalue weighted by Gasteiger charge is -2.28. The van der Waals surface area contributed by atoms with Gasteiger partial charge in [-0.3, -0.25) is 0 Å². The average Bonchev–Trinajstić information content (AvgIpc) is 2.76. The molecule has 0 amide bonds. The predicted molar refractivity (Wildman–Crippen MR) is 66.2 cm³/mol. The largest absolute Gasteiger partial charge is 0.393 e. The molecule has 2 atom stereocenters. The van der Waals surface area contributed by atoms with Crippen LogP contribution in [0, 0.1) is 11.8 Å². The first-order chi connectivity index (χ1) is 7.79. The van der Waals surface area contributed by atoms with Crippen LogP contribution in [0.25, 0.3) is 0 Å². The molecule has 0 aromatic heterocycles. The molecule has 0 aromatic carbocycles. The Bertz CT molecular complexity index is 202. The minimum Gasteiger partial charge on any atom is -0.393 e. The summed E-state index contributed by atoms with van der Waals surface area (Å²) in [4.78, 5) is 0. The van der Waals surface area contributed by atoms with Crippen LogP contribution in [0.2, 0.25) is 0 Å². The molecule has 2 rings (SSSR count). The summed E-state index contributed by atoms with van der Waals surface area (Å²) in [7, 11) is 0. The molecule has 16 heavy (non-hydrogen) atoms. The van der Waals surface area contributed by atoms with Crippen molar-refractivity contribution < 1.29 is 5.11 Å². The van der Waals surface area contributed by atoms with Crippen molar-refractivity contribution >= 4 is 0 Å². The van der Waals surface area contributed by atoms with Gasteiger partial charge < -0.3 is 16.2 Å². The Labute approximate surface area is 98.8 Å². The van der Waals surface area contributed by atoms with E-state index in [-0.39, 0.29) is 6.10 Å². The van der Waals surface area contributed by atoms with E-state index in [2.05, 4.69) is 5.32 Å². The molecule has 0 radical (unpaired) electrons. The normalized spacial score (nSPS) is 40.1. The zero-order valence-corrected chi connectivity index (χ0v) is 10.2. The van der Waals surface area contributed by atoms with Gasteiger partial charge in [0, 0.05) is 6.04 Å². The van der Waals surface area contributed by atoms with Gasteiger partial charge in [0.25, 0.3) is 0 Å². The third-order valence-electron chi connectivity index (χ3n) is 4.45. The maximum Gasteiger partial charge on any atom is 0.0540 e. The number of nitrogens with one attached hydrogen (secondary N) is 1. The fourth-order valence-corrected chi connectivity index (χ4v) is 3.25. The van der Waals surface area contributed by atoms with Gasteiger partial charge in [0.1, 0.15) is 0 Å². The molecule has 2 unspecified atom stereocenters. The first-order valence-corrected chi connectivity index (χ1v) is 6.91. The Morgan fingerprint density at radius 2 is 1.81 bits per heavy atom. The summed E-state index contributed by atoms with van der Waals surface area (Å²) < 4.78 is 0. The van der Waals surface area contributed by atoms with Crippen molar-refractivity contribution in [3.8, 4) is 0 Å². The van der Waals surface area contributed by atoms with Crippen LogP contribution in [0.3, 0.4) is 0 Å². The van der Waals surface area contributed by atoms with Crippen LogP contribution in [-0.2, 0) is 0 Å². The summed E-state index contributed by atoms with van der Waals surface area (Å²) in [6, 6.07) is 0.664. The second kappa shape index (κ2) is 5.99. The van der Waals surface area contributed by atoms with Gasteiger partial charge in [-0.15, -0.1) is 0 Å². The van der Waals surface area contributed by atoms with E-state index < -0.39 is 0 Å². The smallest absolute Gasteiger partial charge is 0.0540 e. The van der Waals surface area contributed by atoms with E-state index in [9.17, 15) is 5.11 Å². The van der Waals surface area contributed by atoms with Crippen LogP contribution >= 0.6 is 0 Å². The molecule has 3 heteroatoms. The third-order valence-corrected chi connectivity index (χ3v) is 4.45. The molecule has 0 spiro atoms. The zero-order chi connectivity index (χ0) is 11.4. The van der Waals surface area contributed by atoms with Gasteiger partial charge in [-0.2, -0.15) is 0 Å². The summed E-state index contributed by atoms with van der Waals surface area (Å²) >= 11 is 0. The number of nitrogens with two attached hydrogens (primary N) is 1. The topological polar surface area (TPSA) is 58.3 Å². The molecular formula is C13H26N2O. The Morgan fingerprint density at radius 3 is 2.50 bits per heavy atom. The molecule has 0 bridgehead atoms. The fraction of sp³-hybridized carbons (Fsp3) is 1.00. The maximum atomic E-state index is 9.45. The first kappa shape index (κ1) is 12.3. The van der Waals surface area contributed by atoms with Crippen LogP contribution in [0.1, 0.15) is 44.9 Å². The van der Waals surface area contributed by atoms with Crippen molar-refractivity contribution in [2.24, 2.45) is 17.6 Å². The number of aliphatic hydroxyl groups excluding tert-OH is 1. The van der Waals surface area contributed by atoms with Crippen LogP contribution < -0.4 is 11.1 Å². The molecule has 2 aliphatic carbocycles. The monoisotopic (exact) mass is 226 g/mol.